The first-order chi connectivity index (χ1) is 15.1. The van der Waals surface area contributed by atoms with E-state index < -0.39 is 0 Å². The third-order valence-corrected chi connectivity index (χ3v) is 5.63. The van der Waals surface area contributed by atoms with Gasteiger partial charge in [-0.25, -0.2) is 4.68 Å². The van der Waals surface area contributed by atoms with Crippen molar-refractivity contribution in [2.45, 2.75) is 12.6 Å². The quantitative estimate of drug-likeness (QED) is 0.505. The van der Waals surface area contributed by atoms with E-state index in [0.29, 0.717) is 31.1 Å². The summed E-state index contributed by atoms with van der Waals surface area (Å²) in [6.07, 6.45) is 3.47. The molecule has 0 radical (unpaired) electrons. The maximum Gasteiger partial charge on any atom is 0.259 e. The maximum atomic E-state index is 13.3. The Hall–Kier alpha value is -4.01. The molecule has 0 bridgehead atoms. The first-order valence-electron chi connectivity index (χ1n) is 10.1. The van der Waals surface area contributed by atoms with E-state index in [-0.39, 0.29) is 34.9 Å². The van der Waals surface area contributed by atoms with Gasteiger partial charge >= 0.3 is 0 Å². The third kappa shape index (κ3) is 3.65. The van der Waals surface area contributed by atoms with Gasteiger partial charge in [-0.05, 0) is 5.56 Å². The molecule has 2 aliphatic rings. The highest BCUT2D eigenvalue weighted by atomic mass is 16.3. The van der Waals surface area contributed by atoms with Crippen LogP contribution in [0.2, 0.25) is 0 Å². The van der Waals surface area contributed by atoms with Crippen LogP contribution in [0.4, 0.5) is 11.5 Å². The van der Waals surface area contributed by atoms with Crippen LogP contribution >= 0.6 is 0 Å². The number of phenols is 2. The molecular formula is C22H22N6O3. The van der Waals surface area contributed by atoms with Crippen molar-refractivity contribution in [3.63, 3.8) is 0 Å². The van der Waals surface area contributed by atoms with Crippen molar-refractivity contribution in [3.8, 4) is 11.5 Å². The molecule has 1 amide bonds. The number of phenolic OH excluding ortho intramolecular Hbond substituents is 2. The Balaban J connectivity index is 1.43. The number of nitrogens with one attached hydrogen (secondary N) is 2. The van der Waals surface area contributed by atoms with E-state index >= 15 is 0 Å². The normalized spacial score (nSPS) is 19.3. The fourth-order valence-electron chi connectivity index (χ4n) is 4.07. The van der Waals surface area contributed by atoms with Crippen molar-refractivity contribution in [3.05, 3.63) is 65.9 Å². The molecule has 3 heterocycles. The number of likely N-dealkylation sites (tertiary alicyclic amines) is 1. The van der Waals surface area contributed by atoms with Gasteiger partial charge in [0.1, 0.15) is 22.9 Å². The first kappa shape index (κ1) is 19.0. The number of rotatable bonds is 5. The Labute approximate surface area is 178 Å². The van der Waals surface area contributed by atoms with E-state index in [9.17, 15) is 15.0 Å². The van der Waals surface area contributed by atoms with Crippen LogP contribution in [0.3, 0.4) is 0 Å². The number of hydrazone groups is 1. The lowest BCUT2D eigenvalue weighted by atomic mass is 10.1. The minimum absolute atomic E-state index is 0.0897. The van der Waals surface area contributed by atoms with E-state index in [2.05, 4.69) is 20.9 Å². The number of aromatic hydroxyl groups is 2. The number of fused-ring (bicyclic) bond motifs is 1. The van der Waals surface area contributed by atoms with E-state index in [1.807, 2.05) is 36.5 Å². The van der Waals surface area contributed by atoms with Crippen LogP contribution in [-0.4, -0.2) is 56.1 Å². The van der Waals surface area contributed by atoms with Gasteiger partial charge < -0.3 is 25.9 Å². The zero-order chi connectivity index (χ0) is 21.4. The van der Waals surface area contributed by atoms with E-state index in [1.165, 1.54) is 12.1 Å². The van der Waals surface area contributed by atoms with E-state index in [4.69, 9.17) is 0 Å². The molecular weight excluding hydrogens is 396 g/mol. The molecule has 9 heteroatoms. The van der Waals surface area contributed by atoms with Gasteiger partial charge in [-0.3, -0.25) is 4.79 Å². The predicted octanol–water partition coefficient (Wildman–Crippen LogP) is 2.12. The summed E-state index contributed by atoms with van der Waals surface area (Å²) >= 11 is 0. The summed E-state index contributed by atoms with van der Waals surface area (Å²) in [5.74, 6) is 0.0683. The van der Waals surface area contributed by atoms with Crippen LogP contribution in [-0.2, 0) is 6.54 Å². The van der Waals surface area contributed by atoms with Crippen LogP contribution in [0.15, 0.2) is 59.8 Å². The molecule has 0 spiro atoms. The molecule has 158 valence electrons. The van der Waals surface area contributed by atoms with Crippen molar-refractivity contribution in [2.24, 2.45) is 11.0 Å². The number of anilines is 2. The Bertz CT molecular complexity index is 1140. The molecule has 1 fully saturated rings. The van der Waals surface area contributed by atoms with Crippen molar-refractivity contribution in [1.29, 1.82) is 0 Å². The van der Waals surface area contributed by atoms with Gasteiger partial charge in [0, 0.05) is 43.4 Å². The predicted molar refractivity (Wildman–Crippen MR) is 116 cm³/mol. The Kier molecular flexibility index (Phi) is 4.70. The summed E-state index contributed by atoms with van der Waals surface area (Å²) < 4.78 is 1.76. The number of aromatic nitrogens is 2. The number of carbonyl (C=O) groups excluding carboxylic acids is 1. The van der Waals surface area contributed by atoms with Crippen LogP contribution in [0.25, 0.3) is 0 Å². The van der Waals surface area contributed by atoms with Crippen LogP contribution < -0.4 is 10.7 Å². The molecule has 1 aromatic heterocycles. The van der Waals surface area contributed by atoms with Crippen molar-refractivity contribution < 1.29 is 15.0 Å². The average molecular weight is 418 g/mol. The van der Waals surface area contributed by atoms with Gasteiger partial charge in [-0.15, -0.1) is 0 Å². The van der Waals surface area contributed by atoms with E-state index in [0.717, 1.165) is 5.56 Å². The van der Waals surface area contributed by atoms with Gasteiger partial charge in [-0.2, -0.15) is 10.2 Å². The number of carbonyl (C=O) groups is 1. The minimum atomic E-state index is -0.307. The highest BCUT2D eigenvalue weighted by molar-refractivity contribution is 6.03. The molecule has 3 aromatic rings. The monoisotopic (exact) mass is 418 g/mol. The smallest absolute Gasteiger partial charge is 0.259 e. The summed E-state index contributed by atoms with van der Waals surface area (Å²) in [5.41, 5.74) is 4.51. The van der Waals surface area contributed by atoms with E-state index in [1.54, 1.807) is 21.8 Å². The second-order valence-corrected chi connectivity index (χ2v) is 7.76. The zero-order valence-electron chi connectivity index (χ0n) is 16.6. The standard InChI is InChI=1S/C22H22N6O3/c29-16-8-17(25-20-6-7-24-28(20)11-14-4-2-1-3-5-14)21(19(30)9-16)22(31)27-12-15-10-23-26-18(15)13-27/h1-10,15,18,25-26,29-30H,11-13H2. The molecule has 5 rings (SSSR count). The van der Waals surface area contributed by atoms with Crippen molar-refractivity contribution in [2.75, 3.05) is 18.4 Å². The lowest BCUT2D eigenvalue weighted by molar-refractivity contribution is 0.0785. The maximum absolute atomic E-state index is 13.3. The topological polar surface area (TPSA) is 115 Å². The minimum Gasteiger partial charge on any atom is -0.508 e. The van der Waals surface area contributed by atoms with Crippen LogP contribution in [0, 0.1) is 5.92 Å². The molecule has 2 unspecified atom stereocenters. The SMILES string of the molecule is O=C(c1c(O)cc(O)cc1Nc1ccnn1Cc1ccccc1)N1CC2C=NNC2C1. The third-order valence-electron chi connectivity index (χ3n) is 5.63. The fourth-order valence-corrected chi connectivity index (χ4v) is 4.07. The first-order valence-corrected chi connectivity index (χ1v) is 10.1. The van der Waals surface area contributed by atoms with Crippen LogP contribution in [0.5, 0.6) is 11.5 Å². The van der Waals surface area contributed by atoms with Crippen molar-refractivity contribution in [1.82, 2.24) is 20.1 Å². The Morgan fingerprint density at radius 1 is 1.16 bits per heavy atom. The zero-order valence-corrected chi connectivity index (χ0v) is 16.6. The highest BCUT2D eigenvalue weighted by Gasteiger charge is 2.38. The summed E-state index contributed by atoms with van der Waals surface area (Å²) in [6, 6.07) is 14.4. The number of benzene rings is 2. The molecule has 9 nitrogen and oxygen atoms in total. The second-order valence-electron chi connectivity index (χ2n) is 7.76. The van der Waals surface area contributed by atoms with Gasteiger partial charge in [0.2, 0.25) is 0 Å². The number of nitrogens with zero attached hydrogens (tertiary/aromatic N) is 4. The van der Waals surface area contributed by atoms with Gasteiger partial charge in [0.15, 0.2) is 0 Å². The second kappa shape index (κ2) is 7.67. The largest absolute Gasteiger partial charge is 0.508 e. The van der Waals surface area contributed by atoms with Gasteiger partial charge in [0.25, 0.3) is 5.91 Å². The van der Waals surface area contributed by atoms with Crippen LogP contribution in [0.1, 0.15) is 15.9 Å². The fraction of sp³-hybridized carbons (Fsp3) is 0.227. The highest BCUT2D eigenvalue weighted by Crippen LogP contribution is 2.35. The molecule has 31 heavy (non-hydrogen) atoms. The summed E-state index contributed by atoms with van der Waals surface area (Å²) in [7, 11) is 0. The van der Waals surface area contributed by atoms with Gasteiger partial charge in [-0.1, -0.05) is 30.3 Å². The summed E-state index contributed by atoms with van der Waals surface area (Å²) in [4.78, 5) is 15.0. The Morgan fingerprint density at radius 3 is 2.81 bits per heavy atom. The van der Waals surface area contributed by atoms with Gasteiger partial charge in [0.05, 0.1) is 24.5 Å². The molecule has 0 aliphatic carbocycles. The number of amides is 1. The Morgan fingerprint density at radius 2 is 2.00 bits per heavy atom. The average Bonchev–Trinajstić information content (AvgIpc) is 3.45. The molecule has 0 saturated carbocycles. The molecule has 4 N–H and O–H groups in total. The molecule has 2 atom stereocenters. The molecule has 1 saturated heterocycles. The number of hydrogen-bond donors (Lipinski definition) is 4. The molecule has 2 aromatic carbocycles. The lowest BCUT2D eigenvalue weighted by Gasteiger charge is -2.20. The summed E-state index contributed by atoms with van der Waals surface area (Å²) in [6.45, 7) is 1.55. The molecule has 2 aliphatic heterocycles. The number of hydrogen-bond acceptors (Lipinski definition) is 7. The lowest BCUT2D eigenvalue weighted by Crippen LogP contribution is -2.33. The summed E-state index contributed by atoms with van der Waals surface area (Å²) in [5, 5.41) is 32.2. The van der Waals surface area contributed by atoms with Crippen molar-refractivity contribution >= 4 is 23.6 Å².